The van der Waals surface area contributed by atoms with Crippen LogP contribution in [0.15, 0.2) is 66.5 Å². The Hall–Kier alpha value is -2.87. The fourth-order valence-electron chi connectivity index (χ4n) is 1.74. The number of allylic oxidation sites excluding steroid dienone is 4. The van der Waals surface area contributed by atoms with E-state index < -0.39 is 11.4 Å². The molecule has 1 amide bonds. The number of benzene rings is 1. The van der Waals surface area contributed by atoms with Crippen LogP contribution in [0.2, 0.25) is 0 Å². The minimum absolute atomic E-state index is 0.112. The molecule has 2 aromatic rings. The molecule has 0 aliphatic carbocycles. The first-order chi connectivity index (χ1) is 11.6. The molecule has 4 N–H and O–H groups in total. The largest absolute Gasteiger partial charge is 0.405 e. The zero-order chi connectivity index (χ0) is 17.4. The van der Waals surface area contributed by atoms with Crippen LogP contribution in [-0.2, 0) is 4.79 Å². The van der Waals surface area contributed by atoms with Crippen LogP contribution in [0.1, 0.15) is 5.82 Å². The van der Waals surface area contributed by atoms with Gasteiger partial charge < -0.3 is 11.1 Å². The van der Waals surface area contributed by atoms with Gasteiger partial charge in [-0.25, -0.2) is 9.37 Å². The molecule has 0 aliphatic heterocycles. The van der Waals surface area contributed by atoms with Crippen molar-refractivity contribution >= 4 is 28.9 Å². The van der Waals surface area contributed by atoms with Gasteiger partial charge in [-0.1, -0.05) is 36.9 Å². The molecule has 1 aromatic carbocycles. The number of thioether (sulfide) groups is 1. The van der Waals surface area contributed by atoms with Gasteiger partial charge >= 0.3 is 0 Å². The average Bonchev–Trinajstić information content (AvgIpc) is 3.04. The quantitative estimate of drug-likeness (QED) is 0.530. The normalized spacial score (nSPS) is 13.0. The van der Waals surface area contributed by atoms with Crippen molar-refractivity contribution in [2.24, 2.45) is 5.73 Å². The van der Waals surface area contributed by atoms with Crippen molar-refractivity contribution in [3.63, 3.8) is 0 Å². The van der Waals surface area contributed by atoms with Gasteiger partial charge in [0.05, 0.1) is 0 Å². The number of carbonyl (C=O) groups is 1. The minimum Gasteiger partial charge on any atom is -0.405 e. The molecule has 24 heavy (non-hydrogen) atoms. The molecule has 1 aromatic heterocycles. The summed E-state index contributed by atoms with van der Waals surface area (Å²) in [4.78, 5) is 16.0. The lowest BCUT2D eigenvalue weighted by molar-refractivity contribution is -0.118. The van der Waals surface area contributed by atoms with Crippen LogP contribution in [0.3, 0.4) is 0 Å². The molecule has 0 saturated carbocycles. The predicted molar refractivity (Wildman–Crippen MR) is 93.7 cm³/mol. The number of halogens is 1. The molecule has 1 unspecified atom stereocenters. The highest BCUT2D eigenvalue weighted by Crippen LogP contribution is 2.23. The van der Waals surface area contributed by atoms with Gasteiger partial charge in [-0.15, -0.1) is 5.10 Å². The number of hydrogen-bond acceptors (Lipinski definition) is 5. The third kappa shape index (κ3) is 4.82. The third-order valence-electron chi connectivity index (χ3n) is 2.77. The first-order valence-corrected chi connectivity index (χ1v) is 7.82. The van der Waals surface area contributed by atoms with Gasteiger partial charge in [-0.3, -0.25) is 9.89 Å². The number of rotatable bonds is 7. The number of nitrogens with two attached hydrogens (primary N) is 1. The van der Waals surface area contributed by atoms with E-state index in [1.165, 1.54) is 6.20 Å². The fourth-order valence-corrected chi connectivity index (χ4v) is 2.33. The highest BCUT2D eigenvalue weighted by Gasteiger charge is 2.21. The molecule has 124 valence electrons. The standard InChI is InChI=1S/C16H16FN5OS/c1-2-6-11(9-10-18)14-20-16(22-21-14)24-13(17)15(23)19-12-7-4-3-5-8-12/h2-10,13H,1,18H2,(H,19,23)(H,20,21,22)/b10-9-,11-6+. The molecule has 6 nitrogen and oxygen atoms in total. The van der Waals surface area contributed by atoms with E-state index >= 15 is 0 Å². The Kier molecular flexibility index (Phi) is 6.32. The second kappa shape index (κ2) is 8.68. The highest BCUT2D eigenvalue weighted by atomic mass is 32.2. The third-order valence-corrected chi connectivity index (χ3v) is 3.58. The van der Waals surface area contributed by atoms with Gasteiger partial charge in [0.2, 0.25) is 10.7 Å². The molecule has 1 heterocycles. The molecule has 0 radical (unpaired) electrons. The lowest BCUT2D eigenvalue weighted by atomic mass is 10.2. The number of carbonyl (C=O) groups excluding carboxylic acids is 1. The van der Waals surface area contributed by atoms with E-state index in [1.54, 1.807) is 48.6 Å². The number of nitrogens with zero attached hydrogens (tertiary/aromatic N) is 2. The second-order valence-corrected chi connectivity index (χ2v) is 5.49. The van der Waals surface area contributed by atoms with Gasteiger partial charge in [0, 0.05) is 11.3 Å². The number of alkyl halides is 1. The van der Waals surface area contributed by atoms with E-state index in [-0.39, 0.29) is 5.16 Å². The van der Waals surface area contributed by atoms with Gasteiger partial charge in [-0.05, 0) is 36.2 Å². The summed E-state index contributed by atoms with van der Waals surface area (Å²) in [5.74, 6) is -0.379. The van der Waals surface area contributed by atoms with Crippen molar-refractivity contribution in [3.05, 3.63) is 67.2 Å². The van der Waals surface area contributed by atoms with Crippen molar-refractivity contribution < 1.29 is 9.18 Å². The van der Waals surface area contributed by atoms with Crippen LogP contribution in [0, 0.1) is 0 Å². The van der Waals surface area contributed by atoms with Crippen molar-refractivity contribution in [2.75, 3.05) is 5.32 Å². The Balaban J connectivity index is 2.02. The SMILES string of the molecule is C=C/C=C(\C=C/N)c1nc(SC(F)C(=O)Nc2ccccc2)n[nH]1. The molecule has 1 atom stereocenters. The van der Waals surface area contributed by atoms with Crippen molar-refractivity contribution in [2.45, 2.75) is 10.7 Å². The average molecular weight is 345 g/mol. The molecule has 8 heteroatoms. The first-order valence-electron chi connectivity index (χ1n) is 6.94. The van der Waals surface area contributed by atoms with E-state index in [2.05, 4.69) is 27.1 Å². The predicted octanol–water partition coefficient (Wildman–Crippen LogP) is 2.87. The Labute approximate surface area is 142 Å². The smallest absolute Gasteiger partial charge is 0.269 e. The van der Waals surface area contributed by atoms with Gasteiger partial charge in [-0.2, -0.15) is 0 Å². The summed E-state index contributed by atoms with van der Waals surface area (Å²) in [5.41, 5.74) is 4.67. The number of nitrogens with one attached hydrogen (secondary N) is 2. The number of aromatic nitrogens is 3. The minimum atomic E-state index is -1.84. The fraction of sp³-hybridized carbons (Fsp3) is 0.0625. The molecule has 0 saturated heterocycles. The summed E-state index contributed by atoms with van der Waals surface area (Å²) >= 11 is 0.605. The van der Waals surface area contributed by atoms with Crippen LogP contribution in [0.25, 0.3) is 5.57 Å². The van der Waals surface area contributed by atoms with E-state index in [4.69, 9.17) is 5.73 Å². The number of amides is 1. The Bertz CT molecular complexity index is 757. The zero-order valence-corrected chi connectivity index (χ0v) is 13.5. The summed E-state index contributed by atoms with van der Waals surface area (Å²) in [7, 11) is 0. The van der Waals surface area contributed by atoms with Crippen LogP contribution >= 0.6 is 11.8 Å². The summed E-state index contributed by atoms with van der Waals surface area (Å²) < 4.78 is 14.1. The highest BCUT2D eigenvalue weighted by molar-refractivity contribution is 8.00. The Morgan fingerprint density at radius 3 is 2.83 bits per heavy atom. The molecule has 0 aliphatic rings. The number of anilines is 1. The number of H-pyrrole nitrogens is 1. The lowest BCUT2D eigenvalue weighted by Crippen LogP contribution is -2.21. The topological polar surface area (TPSA) is 96.7 Å². The van der Waals surface area contributed by atoms with E-state index in [1.807, 2.05) is 0 Å². The molecule has 2 rings (SSSR count). The number of aromatic amines is 1. The van der Waals surface area contributed by atoms with Gasteiger partial charge in [0.25, 0.3) is 5.91 Å². The lowest BCUT2D eigenvalue weighted by Gasteiger charge is -2.07. The van der Waals surface area contributed by atoms with Crippen LogP contribution in [0.5, 0.6) is 0 Å². The van der Waals surface area contributed by atoms with Gasteiger partial charge in [0.15, 0.2) is 5.82 Å². The van der Waals surface area contributed by atoms with Crippen LogP contribution < -0.4 is 11.1 Å². The number of para-hydroxylation sites is 1. The maximum atomic E-state index is 14.1. The van der Waals surface area contributed by atoms with Crippen molar-refractivity contribution in [1.82, 2.24) is 15.2 Å². The molecule has 0 bridgehead atoms. The molecule has 0 spiro atoms. The molecular formula is C16H16FN5OS. The zero-order valence-electron chi connectivity index (χ0n) is 12.6. The van der Waals surface area contributed by atoms with E-state index in [9.17, 15) is 9.18 Å². The van der Waals surface area contributed by atoms with E-state index in [0.717, 1.165) is 0 Å². The van der Waals surface area contributed by atoms with Crippen LogP contribution in [0.4, 0.5) is 10.1 Å². The van der Waals surface area contributed by atoms with Crippen molar-refractivity contribution in [3.8, 4) is 0 Å². The maximum absolute atomic E-state index is 14.1. The Morgan fingerprint density at radius 2 is 2.17 bits per heavy atom. The molecule has 0 fully saturated rings. The maximum Gasteiger partial charge on any atom is 0.269 e. The second-order valence-electron chi connectivity index (χ2n) is 4.47. The van der Waals surface area contributed by atoms with E-state index in [0.29, 0.717) is 28.8 Å². The number of hydrogen-bond donors (Lipinski definition) is 3. The van der Waals surface area contributed by atoms with Crippen LogP contribution in [-0.4, -0.2) is 26.6 Å². The first kappa shape index (κ1) is 17.5. The molecular weight excluding hydrogens is 329 g/mol. The summed E-state index contributed by atoms with van der Waals surface area (Å²) in [6, 6.07) is 8.64. The monoisotopic (exact) mass is 345 g/mol. The van der Waals surface area contributed by atoms with Gasteiger partial charge in [0.1, 0.15) is 0 Å². The van der Waals surface area contributed by atoms with Crippen molar-refractivity contribution in [1.29, 1.82) is 0 Å². The Morgan fingerprint density at radius 1 is 1.42 bits per heavy atom. The summed E-state index contributed by atoms with van der Waals surface area (Å²) in [5, 5.41) is 9.15. The summed E-state index contributed by atoms with van der Waals surface area (Å²) in [6.45, 7) is 3.60. The summed E-state index contributed by atoms with van der Waals surface area (Å²) in [6.07, 6.45) is 6.19.